The number of aliphatic hydroxyl groups excluding tert-OH is 1. The van der Waals surface area contributed by atoms with E-state index in [1.165, 1.54) is 4.90 Å². The van der Waals surface area contributed by atoms with Crippen LogP contribution < -0.4 is 5.32 Å². The molecular weight excluding hydrogens is 322 g/mol. The molecule has 1 aromatic heterocycles. The normalized spacial score (nSPS) is 21.4. The molecule has 1 aliphatic heterocycles. The third-order valence-corrected chi connectivity index (χ3v) is 3.67. The minimum atomic E-state index is -0.845. The molecule has 128 valence electrons. The Morgan fingerprint density at radius 1 is 1.39 bits per heavy atom. The number of carbonyl (C=O) groups is 2. The zero-order valence-corrected chi connectivity index (χ0v) is 14.4. The number of hydrogen-bond acceptors (Lipinski definition) is 4. The van der Waals surface area contributed by atoms with Gasteiger partial charge in [-0.1, -0.05) is 11.6 Å². The smallest absolute Gasteiger partial charge is 0.410 e. The molecule has 0 unspecified atom stereocenters. The van der Waals surface area contributed by atoms with Gasteiger partial charge in [0.05, 0.1) is 23.7 Å². The first kappa shape index (κ1) is 17.6. The van der Waals surface area contributed by atoms with Crippen molar-refractivity contribution in [3.8, 4) is 0 Å². The lowest BCUT2D eigenvalue weighted by Gasteiger charge is -2.24. The topological polar surface area (TPSA) is 83.8 Å². The Labute approximate surface area is 140 Å². The lowest BCUT2D eigenvalue weighted by atomic mass is 10.2. The number of ether oxygens (including phenoxy) is 1. The largest absolute Gasteiger partial charge is 0.444 e. The number of carbonyl (C=O) groups excluding carboxylic acids is 2. The van der Waals surface area contributed by atoms with Crippen LogP contribution in [0, 0.1) is 0 Å². The van der Waals surface area contributed by atoms with Crippen molar-refractivity contribution in [1.82, 2.24) is 14.8 Å². The van der Waals surface area contributed by atoms with Crippen LogP contribution in [-0.4, -0.2) is 57.4 Å². The summed E-state index contributed by atoms with van der Waals surface area (Å²) in [5.74, 6) is -0.352. The van der Waals surface area contributed by atoms with Crippen LogP contribution in [0.3, 0.4) is 0 Å². The number of aromatic nitrogens is 1. The van der Waals surface area contributed by atoms with Crippen LogP contribution in [0.1, 0.15) is 31.3 Å². The third-order valence-electron chi connectivity index (χ3n) is 3.46. The summed E-state index contributed by atoms with van der Waals surface area (Å²) >= 11 is 5.86. The minimum Gasteiger partial charge on any atom is -0.444 e. The van der Waals surface area contributed by atoms with E-state index in [9.17, 15) is 14.7 Å². The second kappa shape index (κ2) is 6.41. The molecule has 1 fully saturated rings. The van der Waals surface area contributed by atoms with Crippen molar-refractivity contribution in [2.24, 2.45) is 7.05 Å². The predicted octanol–water partition coefficient (Wildman–Crippen LogP) is 1.39. The highest BCUT2D eigenvalue weighted by Gasteiger charge is 2.37. The Balaban J connectivity index is 1.98. The number of aryl methyl sites for hydroxylation is 1. The number of likely N-dealkylation sites (tertiary alicyclic amines) is 1. The summed E-state index contributed by atoms with van der Waals surface area (Å²) in [6, 6.07) is 0.993. The predicted molar refractivity (Wildman–Crippen MR) is 85.5 cm³/mol. The molecule has 0 radical (unpaired) electrons. The van der Waals surface area contributed by atoms with E-state index in [0.29, 0.717) is 10.7 Å². The number of hydrogen-bond donors (Lipinski definition) is 2. The molecule has 2 atom stereocenters. The lowest BCUT2D eigenvalue weighted by Crippen LogP contribution is -2.43. The molecule has 1 aromatic rings. The average Bonchev–Trinajstić information content (AvgIpc) is 2.91. The van der Waals surface area contributed by atoms with Crippen molar-refractivity contribution in [3.63, 3.8) is 0 Å². The van der Waals surface area contributed by atoms with Gasteiger partial charge < -0.3 is 24.6 Å². The number of halogens is 1. The number of β-amino-alcohol motifs (C(OH)–C–C–N with tert-alkyl or cyclic N) is 1. The second-order valence-corrected chi connectivity index (χ2v) is 7.12. The van der Waals surface area contributed by atoms with Crippen molar-refractivity contribution in [3.05, 3.63) is 23.0 Å². The molecule has 2 rings (SSSR count). The first-order chi connectivity index (χ1) is 10.6. The monoisotopic (exact) mass is 343 g/mol. The van der Waals surface area contributed by atoms with E-state index in [2.05, 4.69) is 5.32 Å². The van der Waals surface area contributed by atoms with Gasteiger partial charge in [-0.05, 0) is 26.8 Å². The van der Waals surface area contributed by atoms with Gasteiger partial charge in [-0.25, -0.2) is 4.79 Å². The number of rotatable bonds is 2. The van der Waals surface area contributed by atoms with E-state index >= 15 is 0 Å². The second-order valence-electron chi connectivity index (χ2n) is 6.69. The van der Waals surface area contributed by atoms with E-state index < -0.39 is 23.8 Å². The van der Waals surface area contributed by atoms with Crippen LogP contribution in [0.2, 0.25) is 5.02 Å². The number of aliphatic hydroxyl groups is 1. The molecule has 0 aromatic carbocycles. The van der Waals surface area contributed by atoms with Crippen LogP contribution in [0.5, 0.6) is 0 Å². The van der Waals surface area contributed by atoms with Gasteiger partial charge in [-0.2, -0.15) is 0 Å². The van der Waals surface area contributed by atoms with Gasteiger partial charge in [0.25, 0.3) is 5.91 Å². The van der Waals surface area contributed by atoms with Crippen LogP contribution in [-0.2, 0) is 11.8 Å². The Hall–Kier alpha value is -1.73. The molecule has 8 heteroatoms. The molecule has 0 spiro atoms. The molecule has 2 amide bonds. The Kier molecular flexibility index (Phi) is 4.91. The fourth-order valence-electron chi connectivity index (χ4n) is 2.40. The molecule has 23 heavy (non-hydrogen) atoms. The van der Waals surface area contributed by atoms with Gasteiger partial charge in [-0.3, -0.25) is 4.79 Å². The van der Waals surface area contributed by atoms with E-state index in [1.807, 2.05) is 0 Å². The lowest BCUT2D eigenvalue weighted by molar-refractivity contribution is 0.0269. The van der Waals surface area contributed by atoms with Crippen molar-refractivity contribution >= 4 is 23.6 Å². The summed E-state index contributed by atoms with van der Waals surface area (Å²) in [5.41, 5.74) is -0.221. The third kappa shape index (κ3) is 4.39. The SMILES string of the molecule is Cn1cc(Cl)cc1C(=O)N[C@@H]1CN(C(=O)OC(C)(C)C)C[C@H]1O. The number of nitrogens with one attached hydrogen (secondary N) is 1. The number of nitrogens with zero attached hydrogens (tertiary/aromatic N) is 2. The molecular formula is C15H22ClN3O4. The molecule has 1 aliphatic rings. The van der Waals surface area contributed by atoms with Gasteiger partial charge >= 0.3 is 6.09 Å². The maximum absolute atomic E-state index is 12.2. The standard InChI is InChI=1S/C15H22ClN3O4/c1-15(2,3)23-14(22)19-7-10(12(20)8-19)17-13(21)11-5-9(16)6-18(11)4/h5-6,10,12,20H,7-8H2,1-4H3,(H,17,21)/t10-,12-/m1/s1. The molecule has 0 saturated carbocycles. The molecule has 0 bridgehead atoms. The van der Waals surface area contributed by atoms with E-state index in [4.69, 9.17) is 16.3 Å². The summed E-state index contributed by atoms with van der Waals surface area (Å²) in [7, 11) is 1.71. The molecule has 1 saturated heterocycles. The van der Waals surface area contributed by atoms with Crippen molar-refractivity contribution in [2.75, 3.05) is 13.1 Å². The zero-order valence-electron chi connectivity index (χ0n) is 13.7. The van der Waals surface area contributed by atoms with Crippen molar-refractivity contribution in [1.29, 1.82) is 0 Å². The summed E-state index contributed by atoms with van der Waals surface area (Å²) in [4.78, 5) is 25.7. The van der Waals surface area contributed by atoms with E-state index in [0.717, 1.165) is 0 Å². The van der Waals surface area contributed by atoms with Crippen molar-refractivity contribution in [2.45, 2.75) is 38.5 Å². The fraction of sp³-hybridized carbons (Fsp3) is 0.600. The maximum Gasteiger partial charge on any atom is 0.410 e. The molecule has 7 nitrogen and oxygen atoms in total. The minimum absolute atomic E-state index is 0.119. The highest BCUT2D eigenvalue weighted by Crippen LogP contribution is 2.17. The van der Waals surface area contributed by atoms with Crippen LogP contribution in [0.15, 0.2) is 12.3 Å². The highest BCUT2D eigenvalue weighted by molar-refractivity contribution is 6.31. The van der Waals surface area contributed by atoms with Gasteiger partial charge in [0, 0.05) is 19.8 Å². The van der Waals surface area contributed by atoms with Crippen LogP contribution >= 0.6 is 11.6 Å². The number of amides is 2. The van der Waals surface area contributed by atoms with Gasteiger partial charge in [0.15, 0.2) is 0 Å². The van der Waals surface area contributed by atoms with Gasteiger partial charge in [0.2, 0.25) is 0 Å². The van der Waals surface area contributed by atoms with Crippen LogP contribution in [0.4, 0.5) is 4.79 Å². The zero-order chi connectivity index (χ0) is 17.4. The van der Waals surface area contributed by atoms with Crippen molar-refractivity contribution < 1.29 is 19.4 Å². The Morgan fingerprint density at radius 2 is 2.04 bits per heavy atom. The fourth-order valence-corrected chi connectivity index (χ4v) is 2.65. The maximum atomic E-state index is 12.2. The summed E-state index contributed by atoms with van der Waals surface area (Å²) in [6.07, 6.45) is 0.270. The Bertz CT molecular complexity index is 608. The summed E-state index contributed by atoms with van der Waals surface area (Å²) in [5, 5.41) is 13.3. The average molecular weight is 344 g/mol. The quantitative estimate of drug-likeness (QED) is 0.850. The first-order valence-electron chi connectivity index (χ1n) is 7.35. The summed E-state index contributed by atoms with van der Waals surface area (Å²) in [6.45, 7) is 5.63. The van der Waals surface area contributed by atoms with E-state index in [1.54, 1.807) is 44.6 Å². The van der Waals surface area contributed by atoms with Gasteiger partial charge in [0.1, 0.15) is 11.3 Å². The van der Waals surface area contributed by atoms with E-state index in [-0.39, 0.29) is 19.0 Å². The molecule has 2 N–H and O–H groups in total. The molecule has 0 aliphatic carbocycles. The highest BCUT2D eigenvalue weighted by atomic mass is 35.5. The Morgan fingerprint density at radius 3 is 2.57 bits per heavy atom. The summed E-state index contributed by atoms with van der Waals surface area (Å²) < 4.78 is 6.87. The van der Waals surface area contributed by atoms with Crippen LogP contribution in [0.25, 0.3) is 0 Å². The van der Waals surface area contributed by atoms with Gasteiger partial charge in [-0.15, -0.1) is 0 Å². The molecule has 2 heterocycles. The first-order valence-corrected chi connectivity index (χ1v) is 7.73.